The van der Waals surface area contributed by atoms with Crippen LogP contribution in [-0.4, -0.2) is 35.2 Å². The summed E-state index contributed by atoms with van der Waals surface area (Å²) in [6.45, 7) is 2.48. The molecule has 0 aromatic heterocycles. The van der Waals surface area contributed by atoms with Gasteiger partial charge in [-0.1, -0.05) is 30.3 Å². The fourth-order valence-corrected chi connectivity index (χ4v) is 3.17. The van der Waals surface area contributed by atoms with E-state index in [1.165, 1.54) is 6.92 Å². The molecule has 6 nitrogen and oxygen atoms in total. The molecule has 0 unspecified atom stereocenters. The number of urea groups is 1. The van der Waals surface area contributed by atoms with Crippen LogP contribution in [0.1, 0.15) is 35.7 Å². The maximum atomic E-state index is 12.6. The van der Waals surface area contributed by atoms with E-state index in [-0.39, 0.29) is 17.7 Å². The molecule has 2 N–H and O–H groups in total. The number of hydrogen-bond acceptors (Lipinski definition) is 3. The Balaban J connectivity index is 1.58. The zero-order valence-electron chi connectivity index (χ0n) is 15.3. The van der Waals surface area contributed by atoms with Gasteiger partial charge in [0.05, 0.1) is 0 Å². The number of anilines is 1. The number of benzene rings is 2. The zero-order chi connectivity index (χ0) is 19.2. The summed E-state index contributed by atoms with van der Waals surface area (Å²) in [5.41, 5.74) is 2.22. The van der Waals surface area contributed by atoms with E-state index in [9.17, 15) is 14.4 Å². The van der Waals surface area contributed by atoms with Gasteiger partial charge in [0.15, 0.2) is 5.78 Å². The van der Waals surface area contributed by atoms with Crippen molar-refractivity contribution in [2.75, 3.05) is 11.9 Å². The molecule has 0 aliphatic carbocycles. The lowest BCUT2D eigenvalue weighted by Gasteiger charge is -2.24. The second kappa shape index (κ2) is 8.49. The van der Waals surface area contributed by atoms with E-state index < -0.39 is 6.04 Å². The second-order valence-electron chi connectivity index (χ2n) is 6.62. The van der Waals surface area contributed by atoms with E-state index in [1.54, 1.807) is 29.2 Å². The third kappa shape index (κ3) is 4.73. The van der Waals surface area contributed by atoms with Crippen LogP contribution < -0.4 is 10.6 Å². The van der Waals surface area contributed by atoms with Crippen molar-refractivity contribution < 1.29 is 14.4 Å². The van der Waals surface area contributed by atoms with Crippen LogP contribution in [0.25, 0.3) is 0 Å². The van der Waals surface area contributed by atoms with Gasteiger partial charge in [-0.2, -0.15) is 0 Å². The number of rotatable bonds is 5. The molecule has 1 aliphatic heterocycles. The quantitative estimate of drug-likeness (QED) is 0.799. The fourth-order valence-electron chi connectivity index (χ4n) is 3.17. The largest absolute Gasteiger partial charge is 0.334 e. The summed E-state index contributed by atoms with van der Waals surface area (Å²) in [5.74, 6) is -0.233. The Kier molecular flexibility index (Phi) is 5.86. The molecule has 3 amide bonds. The van der Waals surface area contributed by atoms with Crippen molar-refractivity contribution >= 4 is 23.4 Å². The fraction of sp³-hybridized carbons (Fsp3) is 0.286. The molecule has 6 heteroatoms. The molecule has 3 rings (SSSR count). The van der Waals surface area contributed by atoms with Gasteiger partial charge in [-0.05, 0) is 49.6 Å². The minimum Gasteiger partial charge on any atom is -0.334 e. The van der Waals surface area contributed by atoms with Crippen LogP contribution in [0.15, 0.2) is 54.6 Å². The van der Waals surface area contributed by atoms with Crippen LogP contribution in [0.2, 0.25) is 0 Å². The Hall–Kier alpha value is -3.15. The number of likely N-dealkylation sites (tertiary alicyclic amines) is 1. The van der Waals surface area contributed by atoms with Gasteiger partial charge in [0.25, 0.3) is 0 Å². The lowest BCUT2D eigenvalue weighted by atomic mass is 10.1. The van der Waals surface area contributed by atoms with E-state index >= 15 is 0 Å². The minimum absolute atomic E-state index is 0.0232. The Bertz CT molecular complexity index is 818. The maximum Gasteiger partial charge on any atom is 0.318 e. The highest BCUT2D eigenvalue weighted by Gasteiger charge is 2.34. The highest BCUT2D eigenvalue weighted by atomic mass is 16.2. The molecule has 2 aromatic rings. The van der Waals surface area contributed by atoms with Gasteiger partial charge in [0.2, 0.25) is 5.91 Å². The molecular weight excluding hydrogens is 342 g/mol. The monoisotopic (exact) mass is 365 g/mol. The van der Waals surface area contributed by atoms with Crippen LogP contribution >= 0.6 is 0 Å². The van der Waals surface area contributed by atoms with Crippen molar-refractivity contribution in [1.82, 2.24) is 10.2 Å². The van der Waals surface area contributed by atoms with Crippen molar-refractivity contribution in [3.63, 3.8) is 0 Å². The third-order valence-electron chi connectivity index (χ3n) is 4.66. The topological polar surface area (TPSA) is 78.5 Å². The van der Waals surface area contributed by atoms with Gasteiger partial charge in [0.1, 0.15) is 6.04 Å². The van der Waals surface area contributed by atoms with Gasteiger partial charge in [-0.15, -0.1) is 0 Å². The van der Waals surface area contributed by atoms with E-state index in [1.807, 2.05) is 30.3 Å². The third-order valence-corrected chi connectivity index (χ3v) is 4.66. The summed E-state index contributed by atoms with van der Waals surface area (Å²) in [6, 6.07) is 15.7. The van der Waals surface area contributed by atoms with Crippen molar-refractivity contribution in [3.05, 3.63) is 65.7 Å². The Morgan fingerprint density at radius 1 is 1.04 bits per heavy atom. The van der Waals surface area contributed by atoms with Crippen LogP contribution in [0.4, 0.5) is 10.5 Å². The maximum absolute atomic E-state index is 12.6. The minimum atomic E-state index is -0.492. The Labute approximate surface area is 158 Å². The molecule has 0 radical (unpaired) electrons. The first-order valence-electron chi connectivity index (χ1n) is 9.05. The number of hydrogen-bond donors (Lipinski definition) is 2. The zero-order valence-corrected chi connectivity index (χ0v) is 15.3. The summed E-state index contributed by atoms with van der Waals surface area (Å²) in [6.07, 6.45) is 1.43. The summed E-state index contributed by atoms with van der Waals surface area (Å²) < 4.78 is 0. The summed E-state index contributed by atoms with van der Waals surface area (Å²) in [5, 5.41) is 5.72. The molecule has 140 valence electrons. The van der Waals surface area contributed by atoms with Gasteiger partial charge >= 0.3 is 6.03 Å². The molecular formula is C21H23N3O3. The van der Waals surface area contributed by atoms with Crippen LogP contribution in [-0.2, 0) is 11.3 Å². The first-order valence-corrected chi connectivity index (χ1v) is 9.05. The second-order valence-corrected chi connectivity index (χ2v) is 6.62. The van der Waals surface area contributed by atoms with Gasteiger partial charge in [-0.3, -0.25) is 9.59 Å². The molecule has 0 spiro atoms. The average molecular weight is 365 g/mol. The molecule has 1 fully saturated rings. The number of Topliss-reactive ketones (excluding diaryl/α,β-unsaturated/α-hetero) is 1. The lowest BCUT2D eigenvalue weighted by molar-refractivity contribution is -0.119. The molecule has 1 atom stereocenters. The van der Waals surface area contributed by atoms with E-state index in [2.05, 4.69) is 10.6 Å². The van der Waals surface area contributed by atoms with E-state index in [0.29, 0.717) is 30.8 Å². The van der Waals surface area contributed by atoms with Crippen molar-refractivity contribution in [2.45, 2.75) is 32.4 Å². The number of amides is 3. The number of nitrogens with one attached hydrogen (secondary N) is 2. The lowest BCUT2D eigenvalue weighted by Crippen LogP contribution is -2.47. The van der Waals surface area contributed by atoms with Crippen LogP contribution in [0, 0.1) is 0 Å². The molecule has 2 aromatic carbocycles. The van der Waals surface area contributed by atoms with Crippen molar-refractivity contribution in [2.24, 2.45) is 0 Å². The molecule has 27 heavy (non-hydrogen) atoms. The predicted octanol–water partition coefficient (Wildman–Crippen LogP) is 3.20. The highest BCUT2D eigenvalue weighted by Crippen LogP contribution is 2.20. The molecule has 0 bridgehead atoms. The summed E-state index contributed by atoms with van der Waals surface area (Å²) in [7, 11) is 0. The Morgan fingerprint density at radius 3 is 2.41 bits per heavy atom. The Morgan fingerprint density at radius 2 is 1.74 bits per heavy atom. The molecule has 1 heterocycles. The van der Waals surface area contributed by atoms with E-state index in [4.69, 9.17) is 0 Å². The SMILES string of the molecule is CC(=O)c1ccc(NC(=O)[C@@H]2CCCN2C(=O)NCc2ccccc2)cc1. The van der Waals surface area contributed by atoms with E-state index in [0.717, 1.165) is 12.0 Å². The number of carbonyl (C=O) groups excluding carboxylic acids is 3. The average Bonchev–Trinajstić information content (AvgIpc) is 3.17. The first-order chi connectivity index (χ1) is 13.0. The van der Waals surface area contributed by atoms with Crippen LogP contribution in [0.3, 0.4) is 0 Å². The first kappa shape index (κ1) is 18.6. The van der Waals surface area contributed by atoms with Crippen molar-refractivity contribution in [1.29, 1.82) is 0 Å². The summed E-state index contributed by atoms with van der Waals surface area (Å²) in [4.78, 5) is 38.0. The highest BCUT2D eigenvalue weighted by molar-refractivity contribution is 5.98. The smallest absolute Gasteiger partial charge is 0.318 e. The van der Waals surface area contributed by atoms with Gasteiger partial charge in [0, 0.05) is 24.3 Å². The number of carbonyl (C=O) groups is 3. The standard InChI is InChI=1S/C21H23N3O3/c1-15(25)17-9-11-18(12-10-17)23-20(26)19-8-5-13-24(19)21(27)22-14-16-6-3-2-4-7-16/h2-4,6-7,9-12,19H,5,8,13-14H2,1H3,(H,22,27)(H,23,26)/t19-/m0/s1. The number of ketones is 1. The van der Waals surface area contributed by atoms with Crippen LogP contribution in [0.5, 0.6) is 0 Å². The number of nitrogens with zero attached hydrogens (tertiary/aromatic N) is 1. The molecule has 1 saturated heterocycles. The molecule has 0 saturated carbocycles. The van der Waals surface area contributed by atoms with Gasteiger partial charge < -0.3 is 15.5 Å². The van der Waals surface area contributed by atoms with Gasteiger partial charge in [-0.25, -0.2) is 4.79 Å². The summed E-state index contributed by atoms with van der Waals surface area (Å²) >= 11 is 0. The molecule has 1 aliphatic rings. The predicted molar refractivity (Wildman–Crippen MR) is 103 cm³/mol. The normalized spacial score (nSPS) is 16.0. The van der Waals surface area contributed by atoms with Crippen molar-refractivity contribution in [3.8, 4) is 0 Å².